The lowest BCUT2D eigenvalue weighted by molar-refractivity contribution is -0.136. The van der Waals surface area contributed by atoms with Crippen LogP contribution >= 0.6 is 0 Å². The van der Waals surface area contributed by atoms with Crippen molar-refractivity contribution in [3.05, 3.63) is 59.7 Å². The predicted molar refractivity (Wildman–Crippen MR) is 99.4 cm³/mol. The van der Waals surface area contributed by atoms with Crippen molar-refractivity contribution in [3.63, 3.8) is 0 Å². The highest BCUT2D eigenvalue weighted by Crippen LogP contribution is 2.31. The first kappa shape index (κ1) is 18.5. The number of hydrogen-bond acceptors (Lipinski definition) is 6. The van der Waals surface area contributed by atoms with E-state index >= 15 is 0 Å². The number of fused-ring (bicyclic) bond motifs is 1. The van der Waals surface area contributed by atoms with Crippen LogP contribution in [0.4, 0.5) is 0 Å². The number of ketones is 1. The molecule has 0 fully saturated rings. The van der Waals surface area contributed by atoms with Gasteiger partial charge in [-0.2, -0.15) is 0 Å². The summed E-state index contributed by atoms with van der Waals surface area (Å²) in [5.74, 6) is 1.14. The van der Waals surface area contributed by atoms with Crippen LogP contribution in [-0.2, 0) is 9.53 Å². The molecule has 6 heteroatoms. The summed E-state index contributed by atoms with van der Waals surface area (Å²) >= 11 is 0. The van der Waals surface area contributed by atoms with E-state index in [1.54, 1.807) is 42.5 Å². The molecule has 3 rings (SSSR count). The second-order valence-electron chi connectivity index (χ2n) is 5.72. The zero-order valence-corrected chi connectivity index (χ0v) is 15.0. The lowest BCUT2D eigenvalue weighted by Gasteiger charge is -2.18. The Labute approximate surface area is 157 Å². The first-order valence-corrected chi connectivity index (χ1v) is 8.66. The second kappa shape index (κ2) is 8.89. The summed E-state index contributed by atoms with van der Waals surface area (Å²) in [4.78, 5) is 23.9. The summed E-state index contributed by atoms with van der Waals surface area (Å²) < 4.78 is 21.3. The minimum atomic E-state index is -0.593. The van der Waals surface area contributed by atoms with Crippen LogP contribution in [0.1, 0.15) is 22.8 Å². The van der Waals surface area contributed by atoms with E-state index in [-0.39, 0.29) is 12.4 Å². The maximum Gasteiger partial charge on any atom is 0.331 e. The molecule has 0 saturated carbocycles. The predicted octanol–water partition coefficient (Wildman–Crippen LogP) is 3.30. The van der Waals surface area contributed by atoms with Gasteiger partial charge in [0.1, 0.15) is 19.0 Å². The Balaban J connectivity index is 1.51. The molecule has 2 aromatic carbocycles. The fraction of sp³-hybridized carbons (Fsp3) is 0.238. The molecule has 0 aliphatic carbocycles. The van der Waals surface area contributed by atoms with E-state index < -0.39 is 5.97 Å². The third kappa shape index (κ3) is 5.10. The highest BCUT2D eigenvalue weighted by molar-refractivity contribution is 5.99. The fourth-order valence-corrected chi connectivity index (χ4v) is 2.50. The molecule has 0 radical (unpaired) electrons. The molecule has 0 amide bonds. The summed E-state index contributed by atoms with van der Waals surface area (Å²) in [5.41, 5.74) is 1.23. The maximum atomic E-state index is 12.1. The molecule has 1 aliphatic heterocycles. The number of carbonyl (C=O) groups excluding carboxylic acids is 2. The van der Waals surface area contributed by atoms with E-state index in [0.717, 1.165) is 5.56 Å². The van der Waals surface area contributed by atoms with Crippen LogP contribution in [0.2, 0.25) is 0 Å². The van der Waals surface area contributed by atoms with Crippen molar-refractivity contribution in [2.75, 3.05) is 26.4 Å². The molecule has 27 heavy (non-hydrogen) atoms. The highest BCUT2D eigenvalue weighted by atomic mass is 16.6. The largest absolute Gasteiger partial charge is 0.494 e. The number of hydrogen-bond donors (Lipinski definition) is 0. The molecule has 0 aromatic heterocycles. The third-order valence-electron chi connectivity index (χ3n) is 3.81. The Hall–Kier alpha value is -3.28. The van der Waals surface area contributed by atoms with Gasteiger partial charge in [0.05, 0.1) is 6.61 Å². The highest BCUT2D eigenvalue weighted by Gasteiger charge is 2.11. The Morgan fingerprint density at radius 3 is 2.52 bits per heavy atom. The molecule has 1 aliphatic rings. The van der Waals surface area contributed by atoms with Gasteiger partial charge in [-0.25, -0.2) is 4.79 Å². The zero-order valence-electron chi connectivity index (χ0n) is 15.0. The molecule has 0 N–H and O–H groups in total. The van der Waals surface area contributed by atoms with Crippen molar-refractivity contribution in [1.29, 1.82) is 0 Å². The number of ether oxygens (including phenoxy) is 4. The normalized spacial score (nSPS) is 12.6. The Kier molecular flexibility index (Phi) is 6.10. The van der Waals surface area contributed by atoms with Gasteiger partial charge in [0.2, 0.25) is 0 Å². The molecule has 1 heterocycles. The van der Waals surface area contributed by atoms with Gasteiger partial charge in [-0.3, -0.25) is 4.79 Å². The molecule has 0 bridgehead atoms. The van der Waals surface area contributed by atoms with Crippen LogP contribution in [0, 0.1) is 0 Å². The van der Waals surface area contributed by atoms with Crippen molar-refractivity contribution in [2.45, 2.75) is 6.92 Å². The minimum Gasteiger partial charge on any atom is -0.494 e. The van der Waals surface area contributed by atoms with E-state index in [4.69, 9.17) is 18.9 Å². The molecule has 2 aromatic rings. The van der Waals surface area contributed by atoms with Crippen molar-refractivity contribution in [2.24, 2.45) is 0 Å². The lowest BCUT2D eigenvalue weighted by Crippen LogP contribution is -2.15. The van der Waals surface area contributed by atoms with Crippen LogP contribution in [0.25, 0.3) is 6.08 Å². The first-order chi connectivity index (χ1) is 13.2. The molecular formula is C21H20O6. The van der Waals surface area contributed by atoms with Crippen LogP contribution in [0.15, 0.2) is 48.5 Å². The molecular weight excluding hydrogens is 348 g/mol. The van der Waals surface area contributed by atoms with E-state index in [1.165, 1.54) is 6.08 Å². The summed E-state index contributed by atoms with van der Waals surface area (Å²) in [6.45, 7) is 3.14. The van der Waals surface area contributed by atoms with E-state index in [2.05, 4.69) is 0 Å². The monoisotopic (exact) mass is 368 g/mol. The van der Waals surface area contributed by atoms with Gasteiger partial charge in [-0.1, -0.05) is 6.07 Å². The third-order valence-corrected chi connectivity index (χ3v) is 3.81. The van der Waals surface area contributed by atoms with Crippen molar-refractivity contribution in [1.82, 2.24) is 0 Å². The molecule has 0 saturated heterocycles. The second-order valence-corrected chi connectivity index (χ2v) is 5.72. The van der Waals surface area contributed by atoms with Crippen LogP contribution in [-0.4, -0.2) is 38.2 Å². The van der Waals surface area contributed by atoms with Crippen LogP contribution < -0.4 is 14.2 Å². The van der Waals surface area contributed by atoms with Crippen LogP contribution in [0.3, 0.4) is 0 Å². The SMILES string of the molecule is CCOc1ccc(C(=O)COC(=O)/C=C/c2ccc3c(c2)OCCO3)cc1. The van der Waals surface area contributed by atoms with Crippen molar-refractivity contribution >= 4 is 17.8 Å². The summed E-state index contributed by atoms with van der Waals surface area (Å²) in [6.07, 6.45) is 2.87. The molecule has 0 atom stereocenters. The molecule has 0 unspecified atom stereocenters. The summed E-state index contributed by atoms with van der Waals surface area (Å²) in [6, 6.07) is 12.1. The number of carbonyl (C=O) groups is 2. The topological polar surface area (TPSA) is 71.1 Å². The van der Waals surface area contributed by atoms with Gasteiger partial charge in [-0.05, 0) is 55.0 Å². The number of Topliss-reactive ketones (excluding diaryl/α,β-unsaturated/α-hetero) is 1. The number of rotatable bonds is 7. The van der Waals surface area contributed by atoms with Crippen molar-refractivity contribution < 1.29 is 28.5 Å². The maximum absolute atomic E-state index is 12.1. The van der Waals surface area contributed by atoms with Gasteiger partial charge in [0.25, 0.3) is 0 Å². The van der Waals surface area contributed by atoms with E-state index in [1.807, 2.05) is 13.0 Å². The molecule has 140 valence electrons. The number of esters is 1. The average Bonchev–Trinajstić information content (AvgIpc) is 2.71. The Morgan fingerprint density at radius 2 is 1.78 bits per heavy atom. The summed E-state index contributed by atoms with van der Waals surface area (Å²) in [7, 11) is 0. The van der Waals surface area contributed by atoms with E-state index in [0.29, 0.717) is 42.6 Å². The summed E-state index contributed by atoms with van der Waals surface area (Å²) in [5, 5.41) is 0. The molecule has 0 spiro atoms. The van der Waals surface area contributed by atoms with Gasteiger partial charge >= 0.3 is 5.97 Å². The lowest BCUT2D eigenvalue weighted by atomic mass is 10.1. The quantitative estimate of drug-likeness (QED) is 0.424. The minimum absolute atomic E-state index is 0.279. The standard InChI is InChI=1S/C21H20O6/c1-2-24-17-7-5-16(6-8-17)18(22)14-27-21(23)10-4-15-3-9-19-20(13-15)26-12-11-25-19/h3-10,13H,2,11-12,14H2,1H3/b10-4+. The average molecular weight is 368 g/mol. The first-order valence-electron chi connectivity index (χ1n) is 8.66. The van der Waals surface area contributed by atoms with E-state index in [9.17, 15) is 9.59 Å². The fourth-order valence-electron chi connectivity index (χ4n) is 2.50. The molecule has 6 nitrogen and oxygen atoms in total. The van der Waals surface area contributed by atoms with Crippen LogP contribution in [0.5, 0.6) is 17.2 Å². The van der Waals surface area contributed by atoms with Crippen molar-refractivity contribution in [3.8, 4) is 17.2 Å². The smallest absolute Gasteiger partial charge is 0.331 e. The Morgan fingerprint density at radius 1 is 1.04 bits per heavy atom. The van der Waals surface area contributed by atoms with Gasteiger partial charge < -0.3 is 18.9 Å². The van der Waals surface area contributed by atoms with Gasteiger partial charge in [0, 0.05) is 11.6 Å². The number of benzene rings is 2. The Bertz CT molecular complexity index is 838. The van der Waals surface area contributed by atoms with Gasteiger partial charge in [-0.15, -0.1) is 0 Å². The van der Waals surface area contributed by atoms with Gasteiger partial charge in [0.15, 0.2) is 23.9 Å². The zero-order chi connectivity index (χ0) is 19.1.